The van der Waals surface area contributed by atoms with Gasteiger partial charge in [0.25, 0.3) is 5.91 Å². The Morgan fingerprint density at radius 3 is 2.41 bits per heavy atom. The molecule has 142 valence electrons. The van der Waals surface area contributed by atoms with E-state index in [4.69, 9.17) is 4.74 Å². The monoisotopic (exact) mass is 379 g/mol. The summed E-state index contributed by atoms with van der Waals surface area (Å²) in [5.41, 5.74) is 6.28. The SMILES string of the molecule is COc1ccc(C#C[C@@H]2c3cc4c(cc3C(=O)N2c2ccccc2)CCC4)cc1. The van der Waals surface area contributed by atoms with Crippen LogP contribution in [0.15, 0.2) is 66.7 Å². The molecule has 3 aromatic carbocycles. The summed E-state index contributed by atoms with van der Waals surface area (Å²) in [6, 6.07) is 21.5. The predicted molar refractivity (Wildman–Crippen MR) is 114 cm³/mol. The summed E-state index contributed by atoms with van der Waals surface area (Å²) >= 11 is 0. The number of hydrogen-bond acceptors (Lipinski definition) is 2. The summed E-state index contributed by atoms with van der Waals surface area (Å²) in [5.74, 6) is 7.48. The van der Waals surface area contributed by atoms with Crippen molar-refractivity contribution in [2.24, 2.45) is 0 Å². The largest absolute Gasteiger partial charge is 0.497 e. The fourth-order valence-electron chi connectivity index (χ4n) is 4.26. The number of para-hydroxylation sites is 1. The first kappa shape index (κ1) is 17.6. The van der Waals surface area contributed by atoms with Crippen molar-refractivity contribution in [3.8, 4) is 17.6 Å². The van der Waals surface area contributed by atoms with E-state index >= 15 is 0 Å². The lowest BCUT2D eigenvalue weighted by atomic mass is 9.98. The van der Waals surface area contributed by atoms with E-state index in [-0.39, 0.29) is 11.9 Å². The van der Waals surface area contributed by atoms with Crippen molar-refractivity contribution in [1.29, 1.82) is 0 Å². The molecule has 1 aliphatic heterocycles. The molecule has 0 radical (unpaired) electrons. The van der Waals surface area contributed by atoms with Gasteiger partial charge in [-0.15, -0.1) is 0 Å². The van der Waals surface area contributed by atoms with Crippen molar-refractivity contribution in [3.63, 3.8) is 0 Å². The quantitative estimate of drug-likeness (QED) is 0.591. The van der Waals surface area contributed by atoms with Crippen molar-refractivity contribution < 1.29 is 9.53 Å². The summed E-state index contributed by atoms with van der Waals surface area (Å²) in [6.45, 7) is 0. The van der Waals surface area contributed by atoms with Crippen molar-refractivity contribution in [2.45, 2.75) is 25.3 Å². The Bertz CT molecular complexity index is 1140. The zero-order valence-corrected chi connectivity index (χ0v) is 16.3. The number of fused-ring (bicyclic) bond motifs is 2. The van der Waals surface area contributed by atoms with Crippen LogP contribution in [0.5, 0.6) is 5.75 Å². The van der Waals surface area contributed by atoms with Gasteiger partial charge in [0.15, 0.2) is 0 Å². The molecule has 3 heteroatoms. The number of amides is 1. The third-order valence-corrected chi connectivity index (χ3v) is 5.74. The molecule has 2 aliphatic rings. The molecule has 0 saturated carbocycles. The highest BCUT2D eigenvalue weighted by atomic mass is 16.5. The van der Waals surface area contributed by atoms with Crippen LogP contribution in [0.4, 0.5) is 5.69 Å². The summed E-state index contributed by atoms with van der Waals surface area (Å²) in [4.78, 5) is 15.2. The summed E-state index contributed by atoms with van der Waals surface area (Å²) < 4.78 is 5.22. The molecular weight excluding hydrogens is 358 g/mol. The number of nitrogens with zero attached hydrogens (tertiary/aromatic N) is 1. The second-order valence-corrected chi connectivity index (χ2v) is 7.47. The minimum absolute atomic E-state index is 0.0370. The second kappa shape index (κ2) is 7.14. The van der Waals surface area contributed by atoms with Crippen LogP contribution < -0.4 is 9.64 Å². The van der Waals surface area contributed by atoms with Gasteiger partial charge < -0.3 is 4.74 Å². The average Bonchev–Trinajstić information content (AvgIpc) is 3.34. The zero-order chi connectivity index (χ0) is 19.8. The Morgan fingerprint density at radius 1 is 0.966 bits per heavy atom. The van der Waals surface area contributed by atoms with Crippen LogP contribution in [-0.4, -0.2) is 13.0 Å². The fourth-order valence-corrected chi connectivity index (χ4v) is 4.26. The van der Waals surface area contributed by atoms with E-state index in [1.165, 1.54) is 11.1 Å². The van der Waals surface area contributed by atoms with Gasteiger partial charge in [0, 0.05) is 22.4 Å². The molecule has 0 N–H and O–H groups in total. The minimum Gasteiger partial charge on any atom is -0.497 e. The third kappa shape index (κ3) is 3.07. The first-order chi connectivity index (χ1) is 14.2. The van der Waals surface area contributed by atoms with Crippen molar-refractivity contribution in [3.05, 3.63) is 94.5 Å². The van der Waals surface area contributed by atoms with Crippen molar-refractivity contribution in [2.75, 3.05) is 12.0 Å². The number of anilines is 1. The number of benzene rings is 3. The molecule has 0 bridgehead atoms. The molecule has 3 aromatic rings. The molecule has 0 aromatic heterocycles. The molecule has 0 saturated heterocycles. The van der Waals surface area contributed by atoms with Crippen LogP contribution in [0.1, 0.15) is 45.1 Å². The van der Waals surface area contributed by atoms with Crippen LogP contribution in [-0.2, 0) is 12.8 Å². The van der Waals surface area contributed by atoms with E-state index in [2.05, 4.69) is 24.0 Å². The van der Waals surface area contributed by atoms with E-state index in [0.29, 0.717) is 0 Å². The van der Waals surface area contributed by atoms with E-state index in [1.807, 2.05) is 59.5 Å². The maximum atomic E-state index is 13.3. The number of methoxy groups -OCH3 is 1. The highest BCUT2D eigenvalue weighted by Gasteiger charge is 2.38. The topological polar surface area (TPSA) is 29.5 Å². The standard InChI is InChI=1S/C26H21NO2/c1-29-22-13-10-18(11-14-22)12-15-25-23-16-19-6-5-7-20(19)17-24(23)26(28)27(25)21-8-3-2-4-9-21/h2-4,8-11,13-14,16-17,25H,5-7H2,1H3/t25-/m1/s1. The van der Waals surface area contributed by atoms with E-state index in [1.54, 1.807) is 7.11 Å². The first-order valence-corrected chi connectivity index (χ1v) is 9.94. The average molecular weight is 379 g/mol. The summed E-state index contributed by atoms with van der Waals surface area (Å²) in [7, 11) is 1.65. The number of hydrogen-bond donors (Lipinski definition) is 0. The molecule has 3 nitrogen and oxygen atoms in total. The van der Waals surface area contributed by atoms with Crippen molar-refractivity contribution >= 4 is 11.6 Å². The fraction of sp³-hybridized carbons (Fsp3) is 0.192. The number of ether oxygens (including phenoxy) is 1. The first-order valence-electron chi connectivity index (χ1n) is 9.94. The van der Waals surface area contributed by atoms with Crippen LogP contribution in [0.2, 0.25) is 0 Å². The Labute approximate surface area is 170 Å². The zero-order valence-electron chi connectivity index (χ0n) is 16.3. The lowest BCUT2D eigenvalue weighted by molar-refractivity contribution is 0.0994. The summed E-state index contributed by atoms with van der Waals surface area (Å²) in [5, 5.41) is 0. The maximum absolute atomic E-state index is 13.3. The van der Waals surface area contributed by atoms with Gasteiger partial charge in [0.2, 0.25) is 0 Å². The molecule has 29 heavy (non-hydrogen) atoms. The maximum Gasteiger partial charge on any atom is 0.260 e. The minimum atomic E-state index is -0.284. The molecule has 0 fully saturated rings. The van der Waals surface area contributed by atoms with Gasteiger partial charge in [0.1, 0.15) is 11.8 Å². The molecule has 0 unspecified atom stereocenters. The molecule has 1 amide bonds. The number of carbonyl (C=O) groups excluding carboxylic acids is 1. The smallest absolute Gasteiger partial charge is 0.260 e. The van der Waals surface area contributed by atoms with E-state index in [9.17, 15) is 4.79 Å². The van der Waals surface area contributed by atoms with Gasteiger partial charge in [-0.25, -0.2) is 0 Å². The van der Waals surface area contributed by atoms with Crippen LogP contribution >= 0.6 is 0 Å². The molecule has 5 rings (SSSR count). The predicted octanol–water partition coefficient (Wildman–Crippen LogP) is 4.94. The molecule has 0 spiro atoms. The van der Waals surface area contributed by atoms with Gasteiger partial charge >= 0.3 is 0 Å². The van der Waals surface area contributed by atoms with Gasteiger partial charge in [-0.05, 0) is 72.9 Å². The molecule has 1 heterocycles. The normalized spacial score (nSPS) is 16.8. The van der Waals surface area contributed by atoms with Gasteiger partial charge in [0.05, 0.1) is 7.11 Å². The lowest BCUT2D eigenvalue weighted by Crippen LogP contribution is -2.26. The molecule has 1 aliphatic carbocycles. The number of carbonyl (C=O) groups is 1. The van der Waals surface area contributed by atoms with Crippen LogP contribution in [0.25, 0.3) is 0 Å². The Balaban J connectivity index is 1.60. The molecular formula is C26H21NO2. The van der Waals surface area contributed by atoms with Crippen LogP contribution in [0.3, 0.4) is 0 Å². The second-order valence-electron chi connectivity index (χ2n) is 7.47. The van der Waals surface area contributed by atoms with Crippen molar-refractivity contribution in [1.82, 2.24) is 0 Å². The van der Waals surface area contributed by atoms with E-state index in [0.717, 1.165) is 47.4 Å². The lowest BCUT2D eigenvalue weighted by Gasteiger charge is -2.21. The highest BCUT2D eigenvalue weighted by Crippen LogP contribution is 2.40. The Hall–Kier alpha value is -3.51. The van der Waals surface area contributed by atoms with Gasteiger partial charge in [-0.2, -0.15) is 0 Å². The van der Waals surface area contributed by atoms with Gasteiger partial charge in [-0.1, -0.05) is 36.1 Å². The number of rotatable bonds is 2. The Kier molecular flexibility index (Phi) is 4.33. The van der Waals surface area contributed by atoms with E-state index < -0.39 is 0 Å². The highest BCUT2D eigenvalue weighted by molar-refractivity contribution is 6.12. The summed E-state index contributed by atoms with van der Waals surface area (Å²) in [6.07, 6.45) is 3.31. The van der Waals surface area contributed by atoms with Crippen LogP contribution in [0, 0.1) is 11.8 Å². The number of aryl methyl sites for hydroxylation is 2. The molecule has 1 atom stereocenters. The van der Waals surface area contributed by atoms with Gasteiger partial charge in [-0.3, -0.25) is 9.69 Å². The Morgan fingerprint density at radius 2 is 1.69 bits per heavy atom. The third-order valence-electron chi connectivity index (χ3n) is 5.74.